The molecule has 0 radical (unpaired) electrons. The second-order valence-corrected chi connectivity index (χ2v) is 6.22. The Morgan fingerprint density at radius 1 is 1.44 bits per heavy atom. The Bertz CT molecular complexity index is 631. The van der Waals surface area contributed by atoms with Gasteiger partial charge in [0.2, 0.25) is 5.91 Å². The molecule has 1 amide bonds. The lowest BCUT2D eigenvalue weighted by Gasteiger charge is -2.34. The maximum absolute atomic E-state index is 12.8. The quantitative estimate of drug-likeness (QED) is 0.643. The lowest BCUT2D eigenvalue weighted by atomic mass is 9.95. The van der Waals surface area contributed by atoms with Crippen molar-refractivity contribution in [2.75, 3.05) is 20.1 Å². The van der Waals surface area contributed by atoms with Crippen molar-refractivity contribution in [3.05, 3.63) is 35.4 Å². The van der Waals surface area contributed by atoms with Gasteiger partial charge < -0.3 is 16.0 Å². The van der Waals surface area contributed by atoms with Crippen LogP contribution in [0.25, 0.3) is 0 Å². The van der Waals surface area contributed by atoms with Crippen LogP contribution >= 0.6 is 0 Å². The highest BCUT2D eigenvalue weighted by molar-refractivity contribution is 5.80. The fraction of sp³-hybridized carbons (Fsp3) is 0.529. The van der Waals surface area contributed by atoms with Crippen LogP contribution < -0.4 is 11.1 Å². The first kappa shape index (κ1) is 19.1. The number of benzene rings is 1. The lowest BCUT2D eigenvalue weighted by Crippen LogP contribution is -2.46. The van der Waals surface area contributed by atoms with E-state index in [0.29, 0.717) is 24.5 Å². The molecule has 1 unspecified atom stereocenters. The second kappa shape index (κ2) is 8.22. The summed E-state index contributed by atoms with van der Waals surface area (Å²) in [6, 6.07) is 5.22. The summed E-state index contributed by atoms with van der Waals surface area (Å²) in [6.45, 7) is 1.69. The molecule has 1 aliphatic rings. The van der Waals surface area contributed by atoms with Gasteiger partial charge in [-0.3, -0.25) is 9.79 Å². The summed E-state index contributed by atoms with van der Waals surface area (Å²) >= 11 is 0. The van der Waals surface area contributed by atoms with Crippen molar-refractivity contribution >= 4 is 11.9 Å². The molecule has 2 rings (SSSR count). The van der Waals surface area contributed by atoms with Crippen LogP contribution in [0.15, 0.2) is 29.3 Å². The summed E-state index contributed by atoms with van der Waals surface area (Å²) in [5.74, 6) is 0.476. The number of piperidine rings is 1. The molecule has 138 valence electrons. The highest BCUT2D eigenvalue weighted by Crippen LogP contribution is 2.29. The van der Waals surface area contributed by atoms with Crippen molar-refractivity contribution in [1.29, 1.82) is 0 Å². The predicted molar refractivity (Wildman–Crippen MR) is 89.8 cm³/mol. The molecule has 1 heterocycles. The number of nitrogens with one attached hydrogen (secondary N) is 1. The molecule has 1 saturated heterocycles. The molecule has 25 heavy (non-hydrogen) atoms. The van der Waals surface area contributed by atoms with Crippen LogP contribution in [0.1, 0.15) is 30.4 Å². The van der Waals surface area contributed by atoms with Crippen LogP contribution in [0.2, 0.25) is 0 Å². The Morgan fingerprint density at radius 3 is 2.84 bits per heavy atom. The van der Waals surface area contributed by atoms with Gasteiger partial charge in [0.15, 0.2) is 5.96 Å². The van der Waals surface area contributed by atoms with Crippen LogP contribution in [-0.4, -0.2) is 36.9 Å². The van der Waals surface area contributed by atoms with Crippen LogP contribution in [-0.2, 0) is 17.5 Å². The monoisotopic (exact) mass is 356 g/mol. The summed E-state index contributed by atoms with van der Waals surface area (Å²) in [6.07, 6.45) is -2.17. The Labute approximate surface area is 145 Å². The van der Waals surface area contributed by atoms with E-state index in [-0.39, 0.29) is 18.4 Å². The number of alkyl halides is 3. The van der Waals surface area contributed by atoms with E-state index in [9.17, 15) is 18.0 Å². The number of aliphatic imine (C=N–C) groups is 1. The fourth-order valence-electron chi connectivity index (χ4n) is 3.08. The van der Waals surface area contributed by atoms with Gasteiger partial charge in [-0.1, -0.05) is 12.1 Å². The van der Waals surface area contributed by atoms with Gasteiger partial charge in [-0.2, -0.15) is 13.2 Å². The molecule has 0 spiro atoms. The van der Waals surface area contributed by atoms with Crippen LogP contribution in [0.5, 0.6) is 0 Å². The summed E-state index contributed by atoms with van der Waals surface area (Å²) in [5, 5.41) is 3.10. The zero-order valence-corrected chi connectivity index (χ0v) is 14.1. The van der Waals surface area contributed by atoms with Crippen molar-refractivity contribution in [3.8, 4) is 0 Å². The number of nitrogens with two attached hydrogens (primary N) is 1. The number of carbonyl (C=O) groups is 1. The van der Waals surface area contributed by atoms with Crippen molar-refractivity contribution in [1.82, 2.24) is 10.2 Å². The van der Waals surface area contributed by atoms with E-state index in [1.54, 1.807) is 13.1 Å². The minimum Gasteiger partial charge on any atom is -0.370 e. The van der Waals surface area contributed by atoms with Gasteiger partial charge in [0.25, 0.3) is 0 Å². The lowest BCUT2D eigenvalue weighted by molar-refractivity contribution is -0.137. The third-order valence-corrected chi connectivity index (χ3v) is 4.23. The minimum absolute atomic E-state index is 0.179. The molecule has 8 heteroatoms. The Morgan fingerprint density at radius 2 is 2.20 bits per heavy atom. The number of hydrogen-bond donors (Lipinski definition) is 2. The Balaban J connectivity index is 1.97. The first-order valence-corrected chi connectivity index (χ1v) is 8.19. The molecule has 0 aromatic heterocycles. The third kappa shape index (κ3) is 5.65. The molecule has 1 atom stereocenters. The molecule has 1 aromatic rings. The number of primary amides is 1. The molecule has 0 bridgehead atoms. The number of guanidine groups is 1. The highest BCUT2D eigenvalue weighted by Gasteiger charge is 2.30. The van der Waals surface area contributed by atoms with Crippen molar-refractivity contribution in [2.45, 2.75) is 32.0 Å². The average Bonchev–Trinajstić information content (AvgIpc) is 2.55. The van der Waals surface area contributed by atoms with Crippen molar-refractivity contribution in [2.24, 2.45) is 16.6 Å². The smallest absolute Gasteiger partial charge is 0.370 e. The second-order valence-electron chi connectivity index (χ2n) is 6.22. The first-order chi connectivity index (χ1) is 11.8. The highest BCUT2D eigenvalue weighted by atomic mass is 19.4. The number of carbonyl (C=O) groups excluding carboxylic acids is 1. The molecular formula is C17H23F3N4O. The molecule has 1 aromatic carbocycles. The summed E-state index contributed by atoms with van der Waals surface area (Å²) < 4.78 is 38.3. The zero-order valence-electron chi connectivity index (χ0n) is 14.1. The molecule has 1 fully saturated rings. The molecule has 0 aliphatic carbocycles. The van der Waals surface area contributed by atoms with Crippen LogP contribution in [0.4, 0.5) is 13.2 Å². The number of hydrogen-bond acceptors (Lipinski definition) is 2. The van der Waals surface area contributed by atoms with Gasteiger partial charge in [0.1, 0.15) is 0 Å². The van der Waals surface area contributed by atoms with E-state index < -0.39 is 11.7 Å². The number of halogens is 3. The maximum Gasteiger partial charge on any atom is 0.416 e. The average molecular weight is 356 g/mol. The van der Waals surface area contributed by atoms with Gasteiger partial charge in [-0.25, -0.2) is 0 Å². The fourth-order valence-corrected chi connectivity index (χ4v) is 3.08. The molecule has 3 N–H and O–H groups in total. The maximum atomic E-state index is 12.8. The zero-order chi connectivity index (χ0) is 18.4. The van der Waals surface area contributed by atoms with E-state index in [1.165, 1.54) is 6.07 Å². The summed E-state index contributed by atoms with van der Waals surface area (Å²) in [7, 11) is 1.63. The first-order valence-electron chi connectivity index (χ1n) is 8.19. The molecule has 5 nitrogen and oxygen atoms in total. The van der Waals surface area contributed by atoms with Crippen molar-refractivity contribution < 1.29 is 18.0 Å². The van der Waals surface area contributed by atoms with E-state index in [2.05, 4.69) is 10.3 Å². The standard InChI is InChI=1S/C17H23F3N4O/c1-22-16(24-7-3-5-13(11-24)9-15(21)25)23-10-12-4-2-6-14(8-12)17(18,19)20/h2,4,6,8,13H,3,5,7,9-11H2,1H3,(H2,21,25)(H,22,23). The normalized spacial score (nSPS) is 19.0. The molecular weight excluding hydrogens is 333 g/mol. The van der Waals surface area contributed by atoms with E-state index >= 15 is 0 Å². The van der Waals surface area contributed by atoms with Crippen LogP contribution in [0, 0.1) is 5.92 Å². The SMILES string of the molecule is CN=C(NCc1cccc(C(F)(F)F)c1)N1CCCC(CC(N)=O)C1. The van der Waals surface area contributed by atoms with Gasteiger partial charge in [-0.15, -0.1) is 0 Å². The topological polar surface area (TPSA) is 70.7 Å². The van der Waals surface area contributed by atoms with E-state index in [4.69, 9.17) is 5.73 Å². The van der Waals surface area contributed by atoms with Gasteiger partial charge >= 0.3 is 6.18 Å². The number of amides is 1. The third-order valence-electron chi connectivity index (χ3n) is 4.23. The Hall–Kier alpha value is -2.25. The van der Waals surface area contributed by atoms with E-state index in [1.807, 2.05) is 4.90 Å². The summed E-state index contributed by atoms with van der Waals surface area (Å²) in [4.78, 5) is 17.3. The van der Waals surface area contributed by atoms with Gasteiger partial charge in [-0.05, 0) is 36.5 Å². The number of likely N-dealkylation sites (tertiary alicyclic amines) is 1. The number of rotatable bonds is 4. The van der Waals surface area contributed by atoms with Gasteiger partial charge in [0, 0.05) is 33.1 Å². The largest absolute Gasteiger partial charge is 0.416 e. The predicted octanol–water partition coefficient (Wildman–Crippen LogP) is 2.37. The minimum atomic E-state index is -4.35. The van der Waals surface area contributed by atoms with E-state index in [0.717, 1.165) is 31.5 Å². The van der Waals surface area contributed by atoms with Gasteiger partial charge in [0.05, 0.1) is 5.56 Å². The van der Waals surface area contributed by atoms with Crippen LogP contribution in [0.3, 0.4) is 0 Å². The molecule has 1 aliphatic heterocycles. The Kier molecular flexibility index (Phi) is 6.27. The number of nitrogens with zero attached hydrogens (tertiary/aromatic N) is 2. The molecule has 0 saturated carbocycles. The summed E-state index contributed by atoms with van der Waals surface area (Å²) in [5.41, 5.74) is 5.13. The van der Waals surface area contributed by atoms with Crippen molar-refractivity contribution in [3.63, 3.8) is 0 Å².